The second-order valence-electron chi connectivity index (χ2n) is 15.7. The summed E-state index contributed by atoms with van der Waals surface area (Å²) in [5.41, 5.74) is 0.343. The maximum absolute atomic E-state index is 13.1. The van der Waals surface area contributed by atoms with E-state index in [9.17, 15) is 23.4 Å². The lowest BCUT2D eigenvalue weighted by molar-refractivity contribution is -0.203. The molecule has 2 aromatic rings. The minimum atomic E-state index is -3.99. The van der Waals surface area contributed by atoms with Crippen molar-refractivity contribution in [1.29, 1.82) is 0 Å². The van der Waals surface area contributed by atoms with Gasteiger partial charge in [0.05, 0.1) is 17.1 Å². The van der Waals surface area contributed by atoms with Crippen molar-refractivity contribution in [2.24, 2.45) is 52.3 Å². The number of nitrogens with one attached hydrogen (secondary N) is 1. The summed E-state index contributed by atoms with van der Waals surface area (Å²) in [4.78, 5) is 14.6. The fourth-order valence-electron chi connectivity index (χ4n) is 11.2. The van der Waals surface area contributed by atoms with Crippen molar-refractivity contribution in [3.8, 4) is 0 Å². The van der Waals surface area contributed by atoms with E-state index in [1.54, 1.807) is 19.2 Å². The van der Waals surface area contributed by atoms with Crippen LogP contribution in [0.2, 0.25) is 0 Å². The molecule has 248 valence electrons. The Kier molecular flexibility index (Phi) is 8.83. The third-order valence-corrected chi connectivity index (χ3v) is 15.0. The predicted octanol–water partition coefficient (Wildman–Crippen LogP) is 6.82. The van der Waals surface area contributed by atoms with Gasteiger partial charge in [-0.1, -0.05) is 64.4 Å². The number of sulfonamides is 1. The molecule has 8 heteroatoms. The van der Waals surface area contributed by atoms with Crippen molar-refractivity contribution in [2.75, 3.05) is 13.6 Å². The maximum atomic E-state index is 13.1. The van der Waals surface area contributed by atoms with Crippen LogP contribution in [0.3, 0.4) is 0 Å². The Morgan fingerprint density at radius 2 is 1.67 bits per heavy atom. The van der Waals surface area contributed by atoms with Crippen LogP contribution in [-0.4, -0.2) is 55.4 Å². The summed E-state index contributed by atoms with van der Waals surface area (Å²) in [6.07, 6.45) is 8.61. The number of urea groups is 1. The highest BCUT2D eigenvalue weighted by molar-refractivity contribution is 7.90. The highest BCUT2D eigenvalue weighted by Gasteiger charge is 2.64. The van der Waals surface area contributed by atoms with Crippen LogP contribution in [0, 0.1) is 52.3 Å². The summed E-state index contributed by atoms with van der Waals surface area (Å²) >= 11 is 0. The van der Waals surface area contributed by atoms with Crippen molar-refractivity contribution >= 4 is 26.8 Å². The number of carbonyl (C=O) groups excluding carboxylic acids is 1. The SMILES string of the molecule is CC[C@@H]1C2C[C@H](O)CCC2(C)[C@H]2CCC3(C)[C@@H]([C@H](C)CCN(C)C(=O)NS(=O)(=O)c4ccc5ccccc5c4)CC[C@H]3[C@@H]2[C@@H]1O. The molecule has 0 bridgehead atoms. The zero-order valence-electron chi connectivity index (χ0n) is 27.8. The zero-order valence-corrected chi connectivity index (χ0v) is 28.6. The first-order chi connectivity index (χ1) is 21.3. The van der Waals surface area contributed by atoms with Gasteiger partial charge in [-0.2, -0.15) is 0 Å². The molecule has 4 saturated carbocycles. The molecule has 0 spiro atoms. The number of aliphatic hydroxyl groups is 2. The fraction of sp³-hybridized carbons (Fsp3) is 0.703. The molecule has 45 heavy (non-hydrogen) atoms. The smallest absolute Gasteiger partial charge is 0.331 e. The quantitative estimate of drug-likeness (QED) is 0.309. The molecule has 6 rings (SSSR count). The van der Waals surface area contributed by atoms with E-state index in [2.05, 4.69) is 32.4 Å². The first kappa shape index (κ1) is 32.8. The van der Waals surface area contributed by atoms with Crippen LogP contribution in [0.15, 0.2) is 47.4 Å². The normalized spacial score (nSPS) is 38.6. The number of carbonyl (C=O) groups is 1. The number of aliphatic hydroxyl groups excluding tert-OH is 2. The van der Waals surface area contributed by atoms with Gasteiger partial charge >= 0.3 is 6.03 Å². The second kappa shape index (κ2) is 12.1. The fourth-order valence-corrected chi connectivity index (χ4v) is 12.3. The van der Waals surface area contributed by atoms with E-state index >= 15 is 0 Å². The number of nitrogens with zero attached hydrogens (tertiary/aromatic N) is 1. The van der Waals surface area contributed by atoms with E-state index in [0.29, 0.717) is 42.1 Å². The van der Waals surface area contributed by atoms with E-state index in [0.717, 1.165) is 62.1 Å². The molecule has 3 unspecified atom stereocenters. The van der Waals surface area contributed by atoms with E-state index in [1.165, 1.54) is 17.4 Å². The summed E-state index contributed by atoms with van der Waals surface area (Å²) in [6, 6.07) is 11.8. The number of benzene rings is 2. The van der Waals surface area contributed by atoms with Gasteiger partial charge in [-0.05, 0) is 127 Å². The van der Waals surface area contributed by atoms with Gasteiger partial charge in [-0.3, -0.25) is 0 Å². The molecule has 3 N–H and O–H groups in total. The Morgan fingerprint density at radius 1 is 0.978 bits per heavy atom. The minimum Gasteiger partial charge on any atom is -0.393 e. The van der Waals surface area contributed by atoms with Crippen LogP contribution < -0.4 is 4.72 Å². The number of amides is 2. The summed E-state index contributed by atoms with van der Waals surface area (Å²) in [7, 11) is -2.32. The van der Waals surface area contributed by atoms with E-state index in [1.807, 2.05) is 24.3 Å². The summed E-state index contributed by atoms with van der Waals surface area (Å²) in [5.74, 6) is 2.85. The van der Waals surface area contributed by atoms with Crippen molar-refractivity contribution in [3.05, 3.63) is 42.5 Å². The summed E-state index contributed by atoms with van der Waals surface area (Å²) in [5, 5.41) is 24.3. The Labute approximate surface area is 270 Å². The largest absolute Gasteiger partial charge is 0.393 e. The molecule has 11 atom stereocenters. The zero-order chi connectivity index (χ0) is 32.3. The Morgan fingerprint density at radius 3 is 2.40 bits per heavy atom. The average Bonchev–Trinajstić information content (AvgIpc) is 3.37. The summed E-state index contributed by atoms with van der Waals surface area (Å²) in [6.45, 7) is 9.95. The maximum Gasteiger partial charge on any atom is 0.331 e. The molecule has 4 fully saturated rings. The van der Waals surface area contributed by atoms with Crippen LogP contribution >= 0.6 is 0 Å². The molecule has 4 aliphatic rings. The third-order valence-electron chi connectivity index (χ3n) is 13.7. The van der Waals surface area contributed by atoms with Crippen LogP contribution in [0.1, 0.15) is 85.5 Å². The molecular formula is C37H54N2O5S. The second-order valence-corrected chi connectivity index (χ2v) is 17.4. The molecule has 0 heterocycles. The predicted molar refractivity (Wildman–Crippen MR) is 178 cm³/mol. The molecule has 2 aromatic carbocycles. The lowest BCUT2D eigenvalue weighted by Crippen LogP contribution is -2.62. The molecule has 0 saturated heterocycles. The molecule has 0 aliphatic heterocycles. The average molecular weight is 639 g/mol. The molecule has 2 amide bonds. The van der Waals surface area contributed by atoms with E-state index in [-0.39, 0.29) is 33.9 Å². The van der Waals surface area contributed by atoms with Gasteiger partial charge in [0.1, 0.15) is 0 Å². The van der Waals surface area contributed by atoms with Crippen molar-refractivity contribution < 1.29 is 23.4 Å². The van der Waals surface area contributed by atoms with E-state index in [4.69, 9.17) is 0 Å². The molecule has 7 nitrogen and oxygen atoms in total. The van der Waals surface area contributed by atoms with Crippen molar-refractivity contribution in [2.45, 2.75) is 103 Å². The Balaban J connectivity index is 1.10. The Bertz CT molecular complexity index is 1510. The highest BCUT2D eigenvalue weighted by Crippen LogP contribution is 2.69. The van der Waals surface area contributed by atoms with Crippen molar-refractivity contribution in [3.63, 3.8) is 0 Å². The van der Waals surface area contributed by atoms with Crippen LogP contribution in [-0.2, 0) is 10.0 Å². The van der Waals surface area contributed by atoms with Gasteiger partial charge in [0.25, 0.3) is 10.0 Å². The molecule has 0 radical (unpaired) electrons. The standard InChI is InChI=1S/C37H54N2O5S/c1-6-28-32-22-26(40)15-18-37(32,4)31-16-19-36(3)29(13-14-30(36)33(31)34(28)41)23(2)17-20-39(5)35(42)38-45(43,44)27-12-11-24-9-7-8-10-25(24)21-27/h7-12,21,23,26,28-34,40-41H,6,13-20,22H2,1-5H3,(H,38,42)/t23-,26-,28-,29-,30+,31+,32?,33+,34-,36?,37?/m1/s1. The molecule has 4 aliphatic carbocycles. The van der Waals surface area contributed by atoms with Gasteiger partial charge in [-0.15, -0.1) is 0 Å². The van der Waals surface area contributed by atoms with Crippen LogP contribution in [0.4, 0.5) is 4.79 Å². The number of hydrogen-bond acceptors (Lipinski definition) is 5. The number of fused-ring (bicyclic) bond motifs is 6. The monoisotopic (exact) mass is 638 g/mol. The first-order valence-electron chi connectivity index (χ1n) is 17.4. The van der Waals surface area contributed by atoms with Crippen LogP contribution in [0.5, 0.6) is 0 Å². The Hall–Kier alpha value is -2.16. The molecular weight excluding hydrogens is 584 g/mol. The van der Waals surface area contributed by atoms with Crippen molar-refractivity contribution in [1.82, 2.24) is 9.62 Å². The van der Waals surface area contributed by atoms with Gasteiger partial charge in [0.15, 0.2) is 0 Å². The van der Waals surface area contributed by atoms with Crippen LogP contribution in [0.25, 0.3) is 10.8 Å². The topological polar surface area (TPSA) is 107 Å². The summed E-state index contributed by atoms with van der Waals surface area (Å²) < 4.78 is 28.4. The van der Waals surface area contributed by atoms with Gasteiger partial charge in [0, 0.05) is 13.6 Å². The lowest BCUT2D eigenvalue weighted by Gasteiger charge is -2.64. The van der Waals surface area contributed by atoms with Gasteiger partial charge in [0.2, 0.25) is 0 Å². The minimum absolute atomic E-state index is 0.0802. The molecule has 0 aromatic heterocycles. The van der Waals surface area contributed by atoms with E-state index < -0.39 is 16.1 Å². The highest BCUT2D eigenvalue weighted by atomic mass is 32.2. The van der Waals surface area contributed by atoms with Gasteiger partial charge < -0.3 is 15.1 Å². The van der Waals surface area contributed by atoms with Gasteiger partial charge in [-0.25, -0.2) is 17.9 Å². The number of hydrogen-bond donors (Lipinski definition) is 3. The first-order valence-corrected chi connectivity index (χ1v) is 18.9. The number of rotatable bonds is 7. The third kappa shape index (κ3) is 5.61. The lowest BCUT2D eigenvalue weighted by atomic mass is 9.41.